The number of benzene rings is 1. The molecule has 0 aliphatic rings. The molecule has 2 heterocycles. The lowest BCUT2D eigenvalue weighted by Gasteiger charge is -2.12. The number of pyridine rings is 2. The van der Waals surface area contributed by atoms with Crippen molar-refractivity contribution in [2.24, 2.45) is 5.73 Å². The number of nitrogens with two attached hydrogens (primary N) is 1. The molecule has 2 aromatic heterocycles. The first-order chi connectivity index (χ1) is 12.5. The van der Waals surface area contributed by atoms with E-state index in [2.05, 4.69) is 9.97 Å². The molecule has 0 atom stereocenters. The minimum Gasteiger partial charge on any atom is -0.438 e. The Balaban J connectivity index is 1.92. The van der Waals surface area contributed by atoms with Gasteiger partial charge in [0, 0.05) is 18.7 Å². The number of halogens is 2. The SMILES string of the molecule is CC(F)(F)c1ccc(Oc2ncccc2-c2cccc(C=CN)n2)cc1. The number of alkyl halides is 2. The number of nitrogens with zero attached hydrogens (tertiary/aromatic N) is 2. The van der Waals surface area contributed by atoms with E-state index in [9.17, 15) is 8.78 Å². The van der Waals surface area contributed by atoms with Gasteiger partial charge in [0.1, 0.15) is 5.75 Å². The van der Waals surface area contributed by atoms with Gasteiger partial charge >= 0.3 is 0 Å². The van der Waals surface area contributed by atoms with Gasteiger partial charge in [0.15, 0.2) is 0 Å². The fourth-order valence-corrected chi connectivity index (χ4v) is 2.39. The van der Waals surface area contributed by atoms with Crippen LogP contribution in [-0.2, 0) is 5.92 Å². The van der Waals surface area contributed by atoms with Crippen LogP contribution >= 0.6 is 0 Å². The molecule has 0 unspecified atom stereocenters. The Hall–Kier alpha value is -3.28. The fourth-order valence-electron chi connectivity index (χ4n) is 2.39. The van der Waals surface area contributed by atoms with Crippen LogP contribution in [0, 0.1) is 0 Å². The number of hydrogen-bond acceptors (Lipinski definition) is 4. The van der Waals surface area contributed by atoms with E-state index in [0.717, 1.165) is 6.92 Å². The van der Waals surface area contributed by atoms with Gasteiger partial charge in [-0.1, -0.05) is 6.07 Å². The summed E-state index contributed by atoms with van der Waals surface area (Å²) in [6.07, 6.45) is 4.69. The quantitative estimate of drug-likeness (QED) is 0.703. The monoisotopic (exact) mass is 353 g/mol. The summed E-state index contributed by atoms with van der Waals surface area (Å²) in [5, 5.41) is 0. The van der Waals surface area contributed by atoms with Crippen molar-refractivity contribution in [1.82, 2.24) is 9.97 Å². The maximum Gasteiger partial charge on any atom is 0.270 e. The van der Waals surface area contributed by atoms with Crippen molar-refractivity contribution in [2.75, 3.05) is 0 Å². The molecular weight excluding hydrogens is 336 g/mol. The minimum atomic E-state index is -2.89. The predicted octanol–water partition coefficient (Wildman–Crippen LogP) is 4.98. The van der Waals surface area contributed by atoms with Gasteiger partial charge in [-0.25, -0.2) is 18.7 Å². The molecule has 0 fully saturated rings. The van der Waals surface area contributed by atoms with Crippen LogP contribution in [0.5, 0.6) is 11.6 Å². The van der Waals surface area contributed by atoms with Gasteiger partial charge in [-0.15, -0.1) is 0 Å². The molecule has 0 aliphatic carbocycles. The summed E-state index contributed by atoms with van der Waals surface area (Å²) in [4.78, 5) is 8.74. The maximum absolute atomic E-state index is 13.3. The van der Waals surface area contributed by atoms with Gasteiger partial charge < -0.3 is 10.5 Å². The highest BCUT2D eigenvalue weighted by atomic mass is 19.3. The standard InChI is InChI=1S/C20H17F2N3O/c1-20(21,22)14-7-9-16(10-8-14)26-19-17(5-3-13-24-19)18-6-2-4-15(25-18)11-12-23/h2-13H,23H2,1H3. The Morgan fingerprint density at radius 1 is 1.04 bits per heavy atom. The van der Waals surface area contributed by atoms with Crippen molar-refractivity contribution in [1.29, 1.82) is 0 Å². The summed E-state index contributed by atoms with van der Waals surface area (Å²) in [5.41, 5.74) is 7.39. The average molecular weight is 353 g/mol. The largest absolute Gasteiger partial charge is 0.438 e. The average Bonchev–Trinajstić information content (AvgIpc) is 2.62. The van der Waals surface area contributed by atoms with Crippen LogP contribution in [0.15, 0.2) is 67.0 Å². The highest BCUT2D eigenvalue weighted by Gasteiger charge is 2.23. The lowest BCUT2D eigenvalue weighted by molar-refractivity contribution is 0.0174. The van der Waals surface area contributed by atoms with Gasteiger partial charge in [0.05, 0.1) is 17.0 Å². The highest BCUT2D eigenvalue weighted by Crippen LogP contribution is 2.32. The lowest BCUT2D eigenvalue weighted by Crippen LogP contribution is -2.06. The highest BCUT2D eigenvalue weighted by molar-refractivity contribution is 5.66. The van der Waals surface area contributed by atoms with E-state index in [-0.39, 0.29) is 5.56 Å². The van der Waals surface area contributed by atoms with Gasteiger partial charge in [-0.05, 0) is 60.8 Å². The predicted molar refractivity (Wildman–Crippen MR) is 96.8 cm³/mol. The minimum absolute atomic E-state index is 0.0750. The summed E-state index contributed by atoms with van der Waals surface area (Å²) >= 11 is 0. The Morgan fingerprint density at radius 3 is 2.50 bits per heavy atom. The van der Waals surface area contributed by atoms with E-state index in [4.69, 9.17) is 10.5 Å². The van der Waals surface area contributed by atoms with Crippen molar-refractivity contribution in [3.63, 3.8) is 0 Å². The van der Waals surface area contributed by atoms with E-state index >= 15 is 0 Å². The summed E-state index contributed by atoms with van der Waals surface area (Å²) in [5.74, 6) is -2.14. The molecule has 3 rings (SSSR count). The van der Waals surface area contributed by atoms with Gasteiger partial charge in [-0.2, -0.15) is 0 Å². The molecule has 26 heavy (non-hydrogen) atoms. The van der Waals surface area contributed by atoms with Crippen LogP contribution < -0.4 is 10.5 Å². The smallest absolute Gasteiger partial charge is 0.270 e. The molecule has 0 amide bonds. The second kappa shape index (κ2) is 7.31. The van der Waals surface area contributed by atoms with Gasteiger partial charge in [-0.3, -0.25) is 0 Å². The molecule has 0 aliphatic heterocycles. The Labute approximate surface area is 150 Å². The lowest BCUT2D eigenvalue weighted by atomic mass is 10.1. The number of rotatable bonds is 5. The van der Waals surface area contributed by atoms with Crippen LogP contribution in [-0.4, -0.2) is 9.97 Å². The zero-order valence-corrected chi connectivity index (χ0v) is 14.1. The van der Waals surface area contributed by atoms with E-state index in [1.807, 2.05) is 24.3 Å². The topological polar surface area (TPSA) is 61.0 Å². The van der Waals surface area contributed by atoms with E-state index in [0.29, 0.717) is 28.6 Å². The van der Waals surface area contributed by atoms with Gasteiger partial charge in [0.25, 0.3) is 5.92 Å². The second-order valence-corrected chi connectivity index (χ2v) is 5.68. The molecule has 3 aromatic rings. The third-order valence-corrected chi connectivity index (χ3v) is 3.66. The third-order valence-electron chi connectivity index (χ3n) is 3.66. The second-order valence-electron chi connectivity index (χ2n) is 5.68. The first-order valence-corrected chi connectivity index (χ1v) is 7.94. The van der Waals surface area contributed by atoms with Crippen molar-refractivity contribution >= 4 is 6.08 Å². The molecule has 0 bridgehead atoms. The summed E-state index contributed by atoms with van der Waals surface area (Å²) in [6.45, 7) is 0.855. The molecule has 0 saturated heterocycles. The van der Waals surface area contributed by atoms with E-state index in [1.165, 1.54) is 30.5 Å². The van der Waals surface area contributed by atoms with Crippen molar-refractivity contribution in [2.45, 2.75) is 12.8 Å². The number of aromatic nitrogens is 2. The molecule has 132 valence electrons. The molecule has 1 aromatic carbocycles. The molecule has 2 N–H and O–H groups in total. The van der Waals surface area contributed by atoms with Crippen molar-refractivity contribution in [3.05, 3.63) is 78.3 Å². The van der Waals surface area contributed by atoms with Crippen LogP contribution in [0.3, 0.4) is 0 Å². The number of hydrogen-bond donors (Lipinski definition) is 1. The third kappa shape index (κ3) is 4.03. The molecule has 0 spiro atoms. The molecular formula is C20H17F2N3O. The summed E-state index contributed by atoms with van der Waals surface area (Å²) in [6, 6.07) is 14.8. The molecule has 6 heteroatoms. The Morgan fingerprint density at radius 2 is 1.81 bits per heavy atom. The van der Waals surface area contributed by atoms with Crippen LogP contribution in [0.4, 0.5) is 8.78 Å². The molecule has 4 nitrogen and oxygen atoms in total. The van der Waals surface area contributed by atoms with Crippen molar-refractivity contribution in [3.8, 4) is 22.9 Å². The Kier molecular flexibility index (Phi) is 4.93. The zero-order valence-electron chi connectivity index (χ0n) is 14.1. The summed E-state index contributed by atoms with van der Waals surface area (Å²) < 4.78 is 32.4. The summed E-state index contributed by atoms with van der Waals surface area (Å²) in [7, 11) is 0. The van der Waals surface area contributed by atoms with Crippen molar-refractivity contribution < 1.29 is 13.5 Å². The van der Waals surface area contributed by atoms with Crippen LogP contribution in [0.1, 0.15) is 18.2 Å². The zero-order chi connectivity index (χ0) is 18.6. The first kappa shape index (κ1) is 17.5. The first-order valence-electron chi connectivity index (χ1n) is 7.94. The van der Waals surface area contributed by atoms with E-state index < -0.39 is 5.92 Å². The van der Waals surface area contributed by atoms with Crippen LogP contribution in [0.25, 0.3) is 17.3 Å². The molecule has 0 radical (unpaired) electrons. The van der Waals surface area contributed by atoms with E-state index in [1.54, 1.807) is 18.3 Å². The fraction of sp³-hybridized carbons (Fsp3) is 0.100. The Bertz CT molecular complexity index is 919. The normalized spacial score (nSPS) is 11.7. The molecule has 0 saturated carbocycles. The van der Waals surface area contributed by atoms with Crippen LogP contribution in [0.2, 0.25) is 0 Å². The maximum atomic E-state index is 13.3. The van der Waals surface area contributed by atoms with Gasteiger partial charge in [0.2, 0.25) is 5.88 Å². The number of ether oxygens (including phenoxy) is 1.